The lowest BCUT2D eigenvalue weighted by molar-refractivity contribution is -0.124. The largest absolute Gasteiger partial charge is 0.342 e. The molecule has 27 heavy (non-hydrogen) atoms. The molecule has 2 aromatic heterocycles. The maximum Gasteiger partial charge on any atom is 0.267 e. The number of aromatic nitrogens is 6. The smallest absolute Gasteiger partial charge is 0.267 e. The lowest BCUT2D eigenvalue weighted by Crippen LogP contribution is -2.14. The van der Waals surface area contributed by atoms with Crippen LogP contribution in [0, 0.1) is 0 Å². The van der Waals surface area contributed by atoms with Crippen LogP contribution in [-0.4, -0.2) is 41.7 Å². The van der Waals surface area contributed by atoms with Crippen LogP contribution in [0.25, 0.3) is 28.5 Å². The third kappa shape index (κ3) is 3.72. The fraction of sp³-hybridized carbons (Fsp3) is 0.0556. The minimum Gasteiger partial charge on any atom is -0.342 e. The first-order valence-electron chi connectivity index (χ1n) is 8.15. The van der Waals surface area contributed by atoms with E-state index < -0.39 is 5.91 Å². The Hall–Kier alpha value is -3.85. The molecule has 0 unspecified atom stereocenters. The number of rotatable bonds is 5. The predicted molar refractivity (Wildman–Crippen MR) is 97.5 cm³/mol. The van der Waals surface area contributed by atoms with Gasteiger partial charge >= 0.3 is 0 Å². The standard InChI is InChI=1S/C18H15N7O2/c26-17(23-27)8-5-11-1-3-12(4-2-11)9-16-19-14-7-6-13(10-15(14)20-16)18-21-24-25-22-18/h1-8,10,27H,9H2,(H,19,20)(H,23,26)(H,21,22,24,25)/b8-5+. The summed E-state index contributed by atoms with van der Waals surface area (Å²) in [6, 6.07) is 13.5. The van der Waals surface area contributed by atoms with E-state index in [4.69, 9.17) is 5.21 Å². The monoisotopic (exact) mass is 361 g/mol. The number of hydrogen-bond donors (Lipinski definition) is 4. The van der Waals surface area contributed by atoms with E-state index in [0.717, 1.165) is 33.5 Å². The van der Waals surface area contributed by atoms with Crippen LogP contribution in [0.5, 0.6) is 0 Å². The van der Waals surface area contributed by atoms with Gasteiger partial charge in [-0.15, -0.1) is 10.2 Å². The molecular formula is C18H15N7O2. The summed E-state index contributed by atoms with van der Waals surface area (Å²) in [5.74, 6) is 0.811. The fourth-order valence-corrected chi connectivity index (χ4v) is 2.72. The summed E-state index contributed by atoms with van der Waals surface area (Å²) in [6.07, 6.45) is 3.53. The van der Waals surface area contributed by atoms with E-state index in [1.54, 1.807) is 11.6 Å². The molecular weight excluding hydrogens is 346 g/mol. The minimum atomic E-state index is -0.568. The van der Waals surface area contributed by atoms with Crippen molar-refractivity contribution < 1.29 is 10.0 Å². The Labute approximate surface area is 153 Å². The van der Waals surface area contributed by atoms with E-state index in [1.165, 1.54) is 6.08 Å². The second kappa shape index (κ2) is 7.18. The third-order valence-corrected chi connectivity index (χ3v) is 4.02. The molecule has 4 N–H and O–H groups in total. The summed E-state index contributed by atoms with van der Waals surface area (Å²) in [7, 11) is 0. The molecule has 2 heterocycles. The van der Waals surface area contributed by atoms with E-state index in [-0.39, 0.29) is 0 Å². The molecule has 0 bridgehead atoms. The number of hydroxylamine groups is 1. The average molecular weight is 361 g/mol. The van der Waals surface area contributed by atoms with Gasteiger partial charge in [-0.25, -0.2) is 10.5 Å². The van der Waals surface area contributed by atoms with Gasteiger partial charge in [0.05, 0.1) is 11.0 Å². The molecule has 4 rings (SSSR count). The Bertz CT molecular complexity index is 1100. The Kier molecular flexibility index (Phi) is 4.42. The number of tetrazole rings is 1. The first-order chi connectivity index (χ1) is 13.2. The van der Waals surface area contributed by atoms with E-state index >= 15 is 0 Å². The maximum atomic E-state index is 11.0. The molecule has 0 saturated carbocycles. The van der Waals surface area contributed by atoms with Crippen LogP contribution in [0.3, 0.4) is 0 Å². The average Bonchev–Trinajstić information content (AvgIpc) is 3.36. The topological polar surface area (TPSA) is 132 Å². The van der Waals surface area contributed by atoms with Crippen molar-refractivity contribution in [2.75, 3.05) is 0 Å². The van der Waals surface area contributed by atoms with Crippen LogP contribution in [0.4, 0.5) is 0 Å². The fourth-order valence-electron chi connectivity index (χ4n) is 2.72. The van der Waals surface area contributed by atoms with Gasteiger partial charge in [-0.2, -0.15) is 5.21 Å². The highest BCUT2D eigenvalue weighted by molar-refractivity contribution is 5.90. The van der Waals surface area contributed by atoms with E-state index in [9.17, 15) is 4.79 Å². The summed E-state index contributed by atoms with van der Waals surface area (Å²) < 4.78 is 0. The van der Waals surface area contributed by atoms with Crippen LogP contribution in [0.2, 0.25) is 0 Å². The number of nitrogens with one attached hydrogen (secondary N) is 3. The first-order valence-corrected chi connectivity index (χ1v) is 8.15. The second-order valence-corrected chi connectivity index (χ2v) is 5.88. The minimum absolute atomic E-state index is 0.534. The highest BCUT2D eigenvalue weighted by Crippen LogP contribution is 2.21. The van der Waals surface area contributed by atoms with Gasteiger partial charge in [0.15, 0.2) is 0 Å². The normalized spacial score (nSPS) is 11.3. The van der Waals surface area contributed by atoms with Crippen LogP contribution >= 0.6 is 0 Å². The van der Waals surface area contributed by atoms with E-state index in [1.807, 2.05) is 42.5 Å². The molecule has 9 nitrogen and oxygen atoms in total. The zero-order valence-electron chi connectivity index (χ0n) is 14.0. The molecule has 0 radical (unpaired) electrons. The summed E-state index contributed by atoms with van der Waals surface area (Å²) in [6.45, 7) is 0. The number of H-pyrrole nitrogens is 2. The zero-order chi connectivity index (χ0) is 18.6. The highest BCUT2D eigenvalue weighted by atomic mass is 16.5. The molecule has 0 atom stereocenters. The molecule has 0 fully saturated rings. The number of nitrogens with zero attached hydrogens (tertiary/aromatic N) is 4. The van der Waals surface area contributed by atoms with Crippen LogP contribution < -0.4 is 5.48 Å². The van der Waals surface area contributed by atoms with Crippen molar-refractivity contribution in [2.45, 2.75) is 6.42 Å². The number of imidazole rings is 1. The summed E-state index contributed by atoms with van der Waals surface area (Å²) in [5.41, 5.74) is 6.12. The van der Waals surface area contributed by atoms with Gasteiger partial charge in [0.1, 0.15) is 5.82 Å². The second-order valence-electron chi connectivity index (χ2n) is 5.88. The number of fused-ring (bicyclic) bond motifs is 1. The van der Waals surface area contributed by atoms with Crippen molar-refractivity contribution >= 4 is 23.0 Å². The first kappa shape index (κ1) is 16.6. The van der Waals surface area contributed by atoms with Gasteiger partial charge < -0.3 is 4.98 Å². The number of hydrogen-bond acceptors (Lipinski definition) is 6. The van der Waals surface area contributed by atoms with Gasteiger partial charge in [-0.3, -0.25) is 10.0 Å². The molecule has 1 amide bonds. The Morgan fingerprint density at radius 2 is 2.04 bits per heavy atom. The molecule has 0 spiro atoms. The van der Waals surface area contributed by atoms with Crippen molar-refractivity contribution in [1.29, 1.82) is 0 Å². The van der Waals surface area contributed by atoms with Crippen molar-refractivity contribution in [2.24, 2.45) is 0 Å². The SMILES string of the molecule is O=C(/C=C/c1ccc(Cc2nc3ccc(-c4nn[nH]n4)cc3[nH]2)cc1)NO. The van der Waals surface area contributed by atoms with Gasteiger partial charge in [0, 0.05) is 18.1 Å². The Morgan fingerprint density at radius 1 is 1.19 bits per heavy atom. The van der Waals surface area contributed by atoms with Gasteiger partial charge in [-0.1, -0.05) is 24.3 Å². The number of carbonyl (C=O) groups excluding carboxylic acids is 1. The lowest BCUT2D eigenvalue weighted by Gasteiger charge is -1.99. The van der Waals surface area contributed by atoms with E-state index in [2.05, 4.69) is 30.6 Å². The van der Waals surface area contributed by atoms with Crippen LogP contribution in [-0.2, 0) is 11.2 Å². The zero-order valence-corrected chi connectivity index (χ0v) is 14.0. The molecule has 4 aromatic rings. The molecule has 9 heteroatoms. The summed E-state index contributed by atoms with van der Waals surface area (Å²) in [5, 5.41) is 22.5. The summed E-state index contributed by atoms with van der Waals surface area (Å²) in [4.78, 5) is 18.9. The van der Waals surface area contributed by atoms with Crippen LogP contribution in [0.15, 0.2) is 48.5 Å². The number of carbonyl (C=O) groups is 1. The molecule has 2 aromatic carbocycles. The maximum absolute atomic E-state index is 11.0. The van der Waals surface area contributed by atoms with Gasteiger partial charge in [0.2, 0.25) is 5.82 Å². The molecule has 0 aliphatic rings. The molecule has 0 aliphatic heterocycles. The Balaban J connectivity index is 1.51. The highest BCUT2D eigenvalue weighted by Gasteiger charge is 2.08. The van der Waals surface area contributed by atoms with Crippen molar-refractivity contribution in [3.8, 4) is 11.4 Å². The van der Waals surface area contributed by atoms with Crippen molar-refractivity contribution in [1.82, 2.24) is 36.1 Å². The lowest BCUT2D eigenvalue weighted by atomic mass is 10.1. The van der Waals surface area contributed by atoms with Crippen molar-refractivity contribution in [3.05, 3.63) is 65.5 Å². The molecule has 134 valence electrons. The summed E-state index contributed by atoms with van der Waals surface area (Å²) >= 11 is 0. The molecule has 0 aliphatic carbocycles. The number of amides is 1. The Morgan fingerprint density at radius 3 is 2.78 bits per heavy atom. The quantitative estimate of drug-likeness (QED) is 0.244. The predicted octanol–water partition coefficient (Wildman–Crippen LogP) is 1.85. The number of benzene rings is 2. The van der Waals surface area contributed by atoms with E-state index in [0.29, 0.717) is 12.2 Å². The van der Waals surface area contributed by atoms with Crippen LogP contribution in [0.1, 0.15) is 17.0 Å². The third-order valence-electron chi connectivity index (χ3n) is 4.02. The van der Waals surface area contributed by atoms with Gasteiger partial charge in [0.25, 0.3) is 5.91 Å². The molecule has 0 saturated heterocycles. The number of aromatic amines is 2. The van der Waals surface area contributed by atoms with Gasteiger partial charge in [-0.05, 0) is 40.6 Å². The van der Waals surface area contributed by atoms with Crippen molar-refractivity contribution in [3.63, 3.8) is 0 Å².